The molecule has 0 atom stereocenters. The van der Waals surface area contributed by atoms with E-state index < -0.39 is 11.9 Å². The van der Waals surface area contributed by atoms with Crippen molar-refractivity contribution in [3.8, 4) is 22.8 Å². The van der Waals surface area contributed by atoms with Gasteiger partial charge in [-0.25, -0.2) is 15.0 Å². The van der Waals surface area contributed by atoms with E-state index in [4.69, 9.17) is 9.40 Å². The number of aromatic nitrogens is 5. The molecule has 0 unspecified atom stereocenters. The summed E-state index contributed by atoms with van der Waals surface area (Å²) in [6.07, 6.45) is -2.17. The summed E-state index contributed by atoms with van der Waals surface area (Å²) in [6.45, 7) is 4.64. The molecule has 1 N–H and O–H groups in total. The van der Waals surface area contributed by atoms with Gasteiger partial charge in [0, 0.05) is 30.9 Å². The molecule has 0 saturated carbocycles. The summed E-state index contributed by atoms with van der Waals surface area (Å²) in [5.74, 6) is 1.61. The van der Waals surface area contributed by atoms with E-state index >= 15 is 0 Å². The number of oxazole rings is 1. The highest BCUT2D eigenvalue weighted by molar-refractivity contribution is 5.83. The van der Waals surface area contributed by atoms with E-state index in [1.165, 1.54) is 11.0 Å². The monoisotopic (exact) mass is 492 g/mol. The van der Waals surface area contributed by atoms with Gasteiger partial charge in [0.1, 0.15) is 5.82 Å². The first-order valence-electron chi connectivity index (χ1n) is 11.3. The van der Waals surface area contributed by atoms with Crippen LogP contribution in [0.4, 0.5) is 19.0 Å². The van der Waals surface area contributed by atoms with Gasteiger partial charge in [-0.2, -0.15) is 18.2 Å². The number of fused-ring (bicyclic) bond motifs is 1. The van der Waals surface area contributed by atoms with Crippen LogP contribution in [0, 0.1) is 0 Å². The minimum atomic E-state index is -4.49. The van der Waals surface area contributed by atoms with Crippen molar-refractivity contribution < 1.29 is 17.6 Å². The lowest BCUT2D eigenvalue weighted by molar-refractivity contribution is -0.140. The van der Waals surface area contributed by atoms with E-state index in [1.807, 2.05) is 30.3 Å². The fourth-order valence-electron chi connectivity index (χ4n) is 4.04. The number of nitrogens with zero attached hydrogens (tertiary/aromatic N) is 5. The van der Waals surface area contributed by atoms with Crippen LogP contribution in [0.2, 0.25) is 0 Å². The number of aryl methyl sites for hydroxylation is 1. The van der Waals surface area contributed by atoms with Crippen molar-refractivity contribution in [2.24, 2.45) is 7.05 Å². The molecular formula is C26H23F3N6O. The van der Waals surface area contributed by atoms with Crippen LogP contribution in [0.1, 0.15) is 36.6 Å². The van der Waals surface area contributed by atoms with Crippen molar-refractivity contribution in [2.45, 2.75) is 32.5 Å². The average Bonchev–Trinajstić information content (AvgIpc) is 3.49. The molecule has 2 aromatic carbocycles. The molecule has 5 rings (SSSR count). The highest BCUT2D eigenvalue weighted by Crippen LogP contribution is 2.32. The van der Waals surface area contributed by atoms with Gasteiger partial charge < -0.3 is 14.3 Å². The average molecular weight is 493 g/mol. The molecular weight excluding hydrogens is 469 g/mol. The Labute approximate surface area is 205 Å². The van der Waals surface area contributed by atoms with Gasteiger partial charge in [-0.1, -0.05) is 62.4 Å². The van der Waals surface area contributed by atoms with Crippen molar-refractivity contribution in [3.05, 3.63) is 77.9 Å². The highest BCUT2D eigenvalue weighted by Gasteiger charge is 2.34. The first-order chi connectivity index (χ1) is 17.2. The SMILES string of the molecule is CC(C)c1ccccc1-c1nc(NCc2ccc(-c3nc(C(F)(F)F)cn3C)cc2)c2ncoc2n1. The highest BCUT2D eigenvalue weighted by atomic mass is 19.4. The van der Waals surface area contributed by atoms with Crippen LogP contribution in [0.3, 0.4) is 0 Å². The normalized spacial score (nSPS) is 12.0. The Bertz CT molecular complexity index is 1520. The van der Waals surface area contributed by atoms with Crippen molar-refractivity contribution in [1.82, 2.24) is 24.5 Å². The smallest absolute Gasteiger partial charge is 0.425 e. The van der Waals surface area contributed by atoms with Crippen LogP contribution in [0.15, 0.2) is 65.5 Å². The molecule has 0 amide bonds. The molecule has 5 aromatic rings. The third-order valence-electron chi connectivity index (χ3n) is 5.86. The van der Waals surface area contributed by atoms with Crippen LogP contribution in [-0.2, 0) is 19.8 Å². The molecule has 0 radical (unpaired) electrons. The second-order valence-electron chi connectivity index (χ2n) is 8.75. The van der Waals surface area contributed by atoms with Crippen molar-refractivity contribution in [2.75, 3.05) is 5.32 Å². The molecule has 3 aromatic heterocycles. The Balaban J connectivity index is 1.40. The Hall–Kier alpha value is -4.21. The molecule has 0 aliphatic carbocycles. The molecule has 0 spiro atoms. The van der Waals surface area contributed by atoms with Crippen molar-refractivity contribution in [3.63, 3.8) is 0 Å². The Morgan fingerprint density at radius 3 is 2.44 bits per heavy atom. The quantitative estimate of drug-likeness (QED) is 0.294. The Morgan fingerprint density at radius 1 is 1.00 bits per heavy atom. The summed E-state index contributed by atoms with van der Waals surface area (Å²) < 4.78 is 45.9. The topological polar surface area (TPSA) is 81.7 Å². The first kappa shape index (κ1) is 23.5. The van der Waals surface area contributed by atoms with E-state index in [0.717, 1.165) is 22.9 Å². The zero-order valence-electron chi connectivity index (χ0n) is 19.8. The number of imidazole rings is 1. The molecule has 36 heavy (non-hydrogen) atoms. The maximum atomic E-state index is 13.0. The summed E-state index contributed by atoms with van der Waals surface area (Å²) in [5, 5.41) is 3.30. The lowest BCUT2D eigenvalue weighted by atomic mass is 9.97. The number of hydrogen-bond acceptors (Lipinski definition) is 6. The standard InChI is InChI=1S/C26H23F3N6O/c1-15(2)18-6-4-5-7-19(18)22-33-23(21-25(34-22)36-14-31-21)30-12-16-8-10-17(11-9-16)24-32-20(13-35(24)3)26(27,28)29/h4-11,13-15H,12H2,1-3H3,(H,30,33,34). The van der Waals surface area contributed by atoms with Gasteiger partial charge in [0.05, 0.1) is 0 Å². The summed E-state index contributed by atoms with van der Waals surface area (Å²) in [6, 6.07) is 15.1. The van der Waals surface area contributed by atoms with Gasteiger partial charge >= 0.3 is 6.18 Å². The number of alkyl halides is 3. The summed E-state index contributed by atoms with van der Waals surface area (Å²) >= 11 is 0. The fourth-order valence-corrected chi connectivity index (χ4v) is 4.04. The molecule has 0 saturated heterocycles. The van der Waals surface area contributed by atoms with Crippen LogP contribution in [-0.4, -0.2) is 24.5 Å². The molecule has 10 heteroatoms. The van der Waals surface area contributed by atoms with E-state index in [1.54, 1.807) is 19.2 Å². The minimum Gasteiger partial charge on any atom is -0.425 e. The van der Waals surface area contributed by atoms with Gasteiger partial charge in [0.2, 0.25) is 0 Å². The van der Waals surface area contributed by atoms with Gasteiger partial charge in [-0.3, -0.25) is 0 Å². The number of anilines is 1. The predicted molar refractivity (Wildman–Crippen MR) is 130 cm³/mol. The van der Waals surface area contributed by atoms with E-state index in [2.05, 4.69) is 40.2 Å². The minimum absolute atomic E-state index is 0.246. The second-order valence-corrected chi connectivity index (χ2v) is 8.75. The van der Waals surface area contributed by atoms with Gasteiger partial charge in [0.15, 0.2) is 29.2 Å². The predicted octanol–water partition coefficient (Wildman–Crippen LogP) is 6.44. The largest absolute Gasteiger partial charge is 0.434 e. The molecule has 7 nitrogen and oxygen atoms in total. The zero-order chi connectivity index (χ0) is 25.4. The number of benzene rings is 2. The summed E-state index contributed by atoms with van der Waals surface area (Å²) in [4.78, 5) is 17.3. The van der Waals surface area contributed by atoms with E-state index in [9.17, 15) is 13.2 Å². The number of rotatable bonds is 6. The van der Waals surface area contributed by atoms with Crippen LogP contribution in [0.5, 0.6) is 0 Å². The molecule has 184 valence electrons. The van der Waals surface area contributed by atoms with Gasteiger partial charge in [0.25, 0.3) is 5.71 Å². The fraction of sp³-hybridized carbons (Fsp3) is 0.231. The first-order valence-corrected chi connectivity index (χ1v) is 11.3. The van der Waals surface area contributed by atoms with E-state index in [-0.39, 0.29) is 11.7 Å². The van der Waals surface area contributed by atoms with Crippen LogP contribution in [0.25, 0.3) is 34.0 Å². The zero-order valence-corrected chi connectivity index (χ0v) is 19.8. The van der Waals surface area contributed by atoms with Crippen LogP contribution >= 0.6 is 0 Å². The van der Waals surface area contributed by atoms with Crippen LogP contribution < -0.4 is 5.32 Å². The maximum absolute atomic E-state index is 13.0. The van der Waals surface area contributed by atoms with Crippen molar-refractivity contribution >= 4 is 17.0 Å². The molecule has 0 aliphatic rings. The summed E-state index contributed by atoms with van der Waals surface area (Å²) in [5.41, 5.74) is 3.53. The van der Waals surface area contributed by atoms with Crippen molar-refractivity contribution in [1.29, 1.82) is 0 Å². The summed E-state index contributed by atoms with van der Waals surface area (Å²) in [7, 11) is 1.54. The number of nitrogens with one attached hydrogen (secondary N) is 1. The molecule has 3 heterocycles. The molecule has 0 aliphatic heterocycles. The lowest BCUT2D eigenvalue weighted by Gasteiger charge is -2.13. The molecule has 0 fully saturated rings. The van der Waals surface area contributed by atoms with Gasteiger partial charge in [-0.15, -0.1) is 0 Å². The third-order valence-corrected chi connectivity index (χ3v) is 5.86. The Morgan fingerprint density at radius 2 is 1.75 bits per heavy atom. The second kappa shape index (κ2) is 9.10. The Kier molecular flexibility index (Phi) is 5.95. The lowest BCUT2D eigenvalue weighted by Crippen LogP contribution is -2.05. The third kappa shape index (κ3) is 4.53. The number of halogens is 3. The van der Waals surface area contributed by atoms with E-state index in [0.29, 0.717) is 35.0 Å². The molecule has 0 bridgehead atoms. The number of hydrogen-bond donors (Lipinski definition) is 1. The maximum Gasteiger partial charge on any atom is 0.434 e. The van der Waals surface area contributed by atoms with Gasteiger partial charge in [-0.05, 0) is 17.0 Å².